The summed E-state index contributed by atoms with van der Waals surface area (Å²) in [5, 5.41) is 3.25. The third-order valence-electron chi connectivity index (χ3n) is 2.30. The van der Waals surface area contributed by atoms with E-state index in [1.807, 2.05) is 6.92 Å². The number of thiophene rings is 1. The van der Waals surface area contributed by atoms with E-state index in [9.17, 15) is 8.42 Å². The first kappa shape index (κ1) is 16.1. The lowest BCUT2D eigenvalue weighted by Gasteiger charge is -2.08. The number of nitrogens with one attached hydrogen (secondary N) is 2. The highest BCUT2D eigenvalue weighted by Gasteiger charge is 2.17. The summed E-state index contributed by atoms with van der Waals surface area (Å²) in [5.41, 5.74) is 0.946. The van der Waals surface area contributed by atoms with E-state index in [0.717, 1.165) is 22.3 Å². The molecule has 0 unspecified atom stereocenters. The molecule has 0 aliphatic heterocycles. The Hall–Kier alpha value is 0.0500. The van der Waals surface area contributed by atoms with E-state index in [4.69, 9.17) is 0 Å². The van der Waals surface area contributed by atoms with Crippen LogP contribution in [0.25, 0.3) is 0 Å². The third kappa shape index (κ3) is 4.97. The zero-order valence-electron chi connectivity index (χ0n) is 10.8. The van der Waals surface area contributed by atoms with Crippen LogP contribution in [-0.4, -0.2) is 27.5 Å². The van der Waals surface area contributed by atoms with Crippen molar-refractivity contribution in [2.75, 3.05) is 13.1 Å². The van der Waals surface area contributed by atoms with Gasteiger partial charge in [-0.05, 0) is 47.4 Å². The Balaban J connectivity index is 2.45. The average molecular weight is 355 g/mol. The maximum Gasteiger partial charge on any atom is 0.250 e. The Kier molecular flexibility index (Phi) is 6.26. The van der Waals surface area contributed by atoms with Crippen LogP contribution in [0, 0.1) is 6.92 Å². The van der Waals surface area contributed by atoms with Gasteiger partial charge in [-0.15, -0.1) is 11.3 Å². The fourth-order valence-corrected chi connectivity index (χ4v) is 4.67. The second-order valence-electron chi connectivity index (χ2n) is 4.38. The molecule has 1 aromatic rings. The van der Waals surface area contributed by atoms with Crippen molar-refractivity contribution in [3.05, 3.63) is 15.4 Å². The van der Waals surface area contributed by atoms with Gasteiger partial charge >= 0.3 is 0 Å². The van der Waals surface area contributed by atoms with Gasteiger partial charge in [0.2, 0.25) is 10.0 Å². The fourth-order valence-electron chi connectivity index (χ4n) is 1.32. The highest BCUT2D eigenvalue weighted by molar-refractivity contribution is 9.11. The van der Waals surface area contributed by atoms with Crippen molar-refractivity contribution in [1.29, 1.82) is 0 Å². The van der Waals surface area contributed by atoms with E-state index in [-0.39, 0.29) is 0 Å². The lowest BCUT2D eigenvalue weighted by Crippen LogP contribution is -2.29. The molecule has 1 aromatic heterocycles. The monoisotopic (exact) mass is 354 g/mol. The molecule has 0 aromatic carbocycles. The predicted octanol–water partition coefficient (Wildman–Crippen LogP) is 2.49. The number of hydrogen-bond acceptors (Lipinski definition) is 4. The molecule has 2 N–H and O–H groups in total. The van der Waals surface area contributed by atoms with Crippen molar-refractivity contribution in [2.24, 2.45) is 0 Å². The van der Waals surface area contributed by atoms with Crippen molar-refractivity contribution < 1.29 is 8.42 Å². The zero-order chi connectivity index (χ0) is 13.8. The van der Waals surface area contributed by atoms with Crippen LogP contribution in [0.2, 0.25) is 0 Å². The van der Waals surface area contributed by atoms with Crippen LogP contribution in [0.15, 0.2) is 14.1 Å². The summed E-state index contributed by atoms with van der Waals surface area (Å²) in [4.78, 5) is 0. The maximum absolute atomic E-state index is 12.0. The largest absolute Gasteiger partial charge is 0.314 e. The molecule has 0 amide bonds. The molecule has 0 atom stereocenters. The molecule has 1 rings (SSSR count). The van der Waals surface area contributed by atoms with Gasteiger partial charge in [-0.1, -0.05) is 13.8 Å². The highest BCUT2D eigenvalue weighted by Crippen LogP contribution is 2.30. The van der Waals surface area contributed by atoms with E-state index in [1.165, 1.54) is 11.3 Å². The third-order valence-corrected chi connectivity index (χ3v) is 6.37. The molecule has 0 saturated heterocycles. The minimum absolute atomic E-state index is 0.365. The lowest BCUT2D eigenvalue weighted by molar-refractivity contribution is 0.555. The number of halogens is 1. The van der Waals surface area contributed by atoms with Crippen LogP contribution in [-0.2, 0) is 10.0 Å². The van der Waals surface area contributed by atoms with Gasteiger partial charge in [-0.2, -0.15) is 0 Å². The van der Waals surface area contributed by atoms with Crippen LogP contribution < -0.4 is 10.0 Å². The first-order valence-electron chi connectivity index (χ1n) is 5.82. The van der Waals surface area contributed by atoms with Crippen molar-refractivity contribution >= 4 is 37.3 Å². The van der Waals surface area contributed by atoms with Crippen molar-refractivity contribution in [2.45, 2.75) is 37.4 Å². The van der Waals surface area contributed by atoms with Gasteiger partial charge in [-0.3, -0.25) is 0 Å². The van der Waals surface area contributed by atoms with Gasteiger partial charge in [0.1, 0.15) is 4.21 Å². The normalized spacial score (nSPS) is 12.3. The van der Waals surface area contributed by atoms with Crippen molar-refractivity contribution in [3.8, 4) is 0 Å². The van der Waals surface area contributed by atoms with Crippen molar-refractivity contribution in [1.82, 2.24) is 10.0 Å². The maximum atomic E-state index is 12.0. The Morgan fingerprint density at radius 3 is 2.56 bits per heavy atom. The molecule has 104 valence electrons. The standard InChI is InChI=1S/C11H19BrN2O2S2/c1-8(2)13-5-4-6-14-18(15,16)10-7-9(3)11(12)17-10/h7-8,13-14H,4-6H2,1-3H3. The van der Waals surface area contributed by atoms with Gasteiger partial charge in [0, 0.05) is 12.6 Å². The van der Waals surface area contributed by atoms with Crippen LogP contribution in [0.3, 0.4) is 0 Å². The number of hydrogen-bond donors (Lipinski definition) is 2. The van der Waals surface area contributed by atoms with Gasteiger partial charge < -0.3 is 5.32 Å². The van der Waals surface area contributed by atoms with Crippen LogP contribution in [0.4, 0.5) is 0 Å². The van der Waals surface area contributed by atoms with E-state index < -0.39 is 10.0 Å². The summed E-state index contributed by atoms with van der Waals surface area (Å²) in [7, 11) is -3.35. The summed E-state index contributed by atoms with van der Waals surface area (Å²) < 4.78 is 27.7. The SMILES string of the molecule is Cc1cc(S(=O)(=O)NCCCNC(C)C)sc1Br. The summed E-state index contributed by atoms with van der Waals surface area (Å²) >= 11 is 4.57. The number of rotatable bonds is 7. The second kappa shape index (κ2) is 7.00. The molecule has 18 heavy (non-hydrogen) atoms. The van der Waals surface area contributed by atoms with Crippen molar-refractivity contribution in [3.63, 3.8) is 0 Å². The Bertz CT molecular complexity index is 464. The van der Waals surface area contributed by atoms with E-state index in [1.54, 1.807) is 6.07 Å². The smallest absolute Gasteiger partial charge is 0.250 e. The first-order valence-corrected chi connectivity index (χ1v) is 8.91. The minimum atomic E-state index is -3.35. The molecule has 0 aliphatic rings. The molecular formula is C11H19BrN2O2S2. The van der Waals surface area contributed by atoms with Gasteiger partial charge in [-0.25, -0.2) is 13.1 Å². The minimum Gasteiger partial charge on any atom is -0.314 e. The molecule has 0 radical (unpaired) electrons. The van der Waals surface area contributed by atoms with E-state index in [0.29, 0.717) is 16.8 Å². The number of aryl methyl sites for hydroxylation is 1. The second-order valence-corrected chi connectivity index (χ2v) is 8.75. The molecule has 0 fully saturated rings. The molecule has 4 nitrogen and oxygen atoms in total. The average Bonchev–Trinajstić information content (AvgIpc) is 2.59. The van der Waals surface area contributed by atoms with Gasteiger partial charge in [0.25, 0.3) is 0 Å². The van der Waals surface area contributed by atoms with Crippen LogP contribution >= 0.6 is 27.3 Å². The Labute approximate surface area is 121 Å². The first-order chi connectivity index (χ1) is 8.33. The lowest BCUT2D eigenvalue weighted by atomic mass is 10.3. The molecule has 0 spiro atoms. The topological polar surface area (TPSA) is 58.2 Å². The van der Waals surface area contributed by atoms with Crippen LogP contribution in [0.1, 0.15) is 25.8 Å². The van der Waals surface area contributed by atoms with Gasteiger partial charge in [0.05, 0.1) is 3.79 Å². The quantitative estimate of drug-likeness (QED) is 0.739. The molecule has 7 heteroatoms. The predicted molar refractivity (Wildman–Crippen MR) is 79.7 cm³/mol. The van der Waals surface area contributed by atoms with Crippen LogP contribution in [0.5, 0.6) is 0 Å². The summed E-state index contributed by atoms with van der Waals surface area (Å²) in [5.74, 6) is 0. The fraction of sp³-hybridized carbons (Fsp3) is 0.636. The summed E-state index contributed by atoms with van der Waals surface area (Å²) in [6.45, 7) is 7.28. The summed E-state index contributed by atoms with van der Waals surface area (Å²) in [6, 6.07) is 2.11. The molecule has 1 heterocycles. The number of sulfonamides is 1. The van der Waals surface area contributed by atoms with E-state index >= 15 is 0 Å². The summed E-state index contributed by atoms with van der Waals surface area (Å²) in [6.07, 6.45) is 0.781. The molecule has 0 saturated carbocycles. The Morgan fingerprint density at radius 1 is 1.39 bits per heavy atom. The highest BCUT2D eigenvalue weighted by atomic mass is 79.9. The molecule has 0 bridgehead atoms. The zero-order valence-corrected chi connectivity index (χ0v) is 14.0. The van der Waals surface area contributed by atoms with E-state index in [2.05, 4.69) is 39.8 Å². The van der Waals surface area contributed by atoms with Gasteiger partial charge in [0.15, 0.2) is 0 Å². The molecular weight excluding hydrogens is 336 g/mol. The Morgan fingerprint density at radius 2 is 2.06 bits per heavy atom. The molecule has 0 aliphatic carbocycles.